The summed E-state index contributed by atoms with van der Waals surface area (Å²) < 4.78 is 0. The summed E-state index contributed by atoms with van der Waals surface area (Å²) in [6.45, 7) is 7.39. The van der Waals surface area contributed by atoms with Crippen molar-refractivity contribution in [2.75, 3.05) is 19.6 Å². The zero-order valence-electron chi connectivity index (χ0n) is 9.70. The first-order valence-corrected chi connectivity index (χ1v) is 5.79. The zero-order chi connectivity index (χ0) is 11.3. The van der Waals surface area contributed by atoms with Gasteiger partial charge in [-0.3, -0.25) is 9.69 Å². The number of nitrogens with one attached hydrogen (secondary N) is 1. The molecule has 4 heteroatoms. The normalized spacial score (nSPS) is 21.5. The molecule has 15 heavy (non-hydrogen) atoms. The number of carboxylic acids is 1. The molecule has 0 aliphatic carbocycles. The third kappa shape index (κ3) is 4.62. The van der Waals surface area contributed by atoms with Crippen molar-refractivity contribution in [2.45, 2.75) is 45.2 Å². The number of hydrogen-bond acceptors (Lipinski definition) is 3. The average molecular weight is 214 g/mol. The lowest BCUT2D eigenvalue weighted by atomic mass is 10.2. The maximum Gasteiger partial charge on any atom is 0.304 e. The van der Waals surface area contributed by atoms with Crippen LogP contribution in [0.15, 0.2) is 0 Å². The molecule has 1 fully saturated rings. The molecule has 0 bridgehead atoms. The standard InChI is InChI=1S/C11H22N2O2/c1-9(7-11(14)15)12-8-10(2)13-5-3-4-6-13/h9-10,12H,3-8H2,1-2H3,(H,14,15). The second-order valence-corrected chi connectivity index (χ2v) is 4.50. The van der Waals surface area contributed by atoms with Crippen LogP contribution < -0.4 is 5.32 Å². The molecular weight excluding hydrogens is 192 g/mol. The minimum atomic E-state index is -0.733. The predicted molar refractivity (Wildman–Crippen MR) is 60.0 cm³/mol. The van der Waals surface area contributed by atoms with E-state index in [-0.39, 0.29) is 12.5 Å². The maximum atomic E-state index is 10.5. The molecule has 0 aromatic carbocycles. The number of carbonyl (C=O) groups is 1. The van der Waals surface area contributed by atoms with Crippen molar-refractivity contribution in [3.63, 3.8) is 0 Å². The molecule has 1 saturated heterocycles. The van der Waals surface area contributed by atoms with Gasteiger partial charge in [-0.1, -0.05) is 0 Å². The molecule has 1 aliphatic heterocycles. The molecule has 1 heterocycles. The summed E-state index contributed by atoms with van der Waals surface area (Å²) >= 11 is 0. The van der Waals surface area contributed by atoms with E-state index in [4.69, 9.17) is 5.11 Å². The van der Waals surface area contributed by atoms with Crippen LogP contribution in [0.25, 0.3) is 0 Å². The van der Waals surface area contributed by atoms with E-state index >= 15 is 0 Å². The van der Waals surface area contributed by atoms with Crippen molar-refractivity contribution in [2.24, 2.45) is 0 Å². The van der Waals surface area contributed by atoms with Crippen molar-refractivity contribution in [1.29, 1.82) is 0 Å². The minimum absolute atomic E-state index is 0.0625. The highest BCUT2D eigenvalue weighted by atomic mass is 16.4. The van der Waals surface area contributed by atoms with Gasteiger partial charge in [-0.15, -0.1) is 0 Å². The number of aliphatic carboxylic acids is 1. The first-order valence-electron chi connectivity index (χ1n) is 5.79. The minimum Gasteiger partial charge on any atom is -0.481 e. The van der Waals surface area contributed by atoms with E-state index in [1.807, 2.05) is 6.92 Å². The van der Waals surface area contributed by atoms with Gasteiger partial charge in [0.1, 0.15) is 0 Å². The van der Waals surface area contributed by atoms with Gasteiger partial charge in [0.05, 0.1) is 6.42 Å². The lowest BCUT2D eigenvalue weighted by molar-refractivity contribution is -0.137. The van der Waals surface area contributed by atoms with Gasteiger partial charge in [-0.25, -0.2) is 0 Å². The Bertz CT molecular complexity index is 203. The molecule has 4 nitrogen and oxygen atoms in total. The van der Waals surface area contributed by atoms with E-state index in [1.54, 1.807) is 0 Å². The summed E-state index contributed by atoms with van der Waals surface area (Å²) in [4.78, 5) is 12.9. The van der Waals surface area contributed by atoms with Gasteiger partial charge in [0.25, 0.3) is 0 Å². The van der Waals surface area contributed by atoms with Crippen molar-refractivity contribution >= 4 is 5.97 Å². The van der Waals surface area contributed by atoms with E-state index in [0.29, 0.717) is 6.04 Å². The summed E-state index contributed by atoms with van der Waals surface area (Å²) in [7, 11) is 0. The number of rotatable bonds is 6. The summed E-state index contributed by atoms with van der Waals surface area (Å²) in [5.41, 5.74) is 0. The average Bonchev–Trinajstić information content (AvgIpc) is 2.65. The molecule has 1 aliphatic rings. The van der Waals surface area contributed by atoms with E-state index in [2.05, 4.69) is 17.1 Å². The Labute approximate surface area is 91.6 Å². The quantitative estimate of drug-likeness (QED) is 0.690. The highest BCUT2D eigenvalue weighted by molar-refractivity contribution is 5.67. The van der Waals surface area contributed by atoms with Crippen LogP contribution in [-0.4, -0.2) is 47.7 Å². The smallest absolute Gasteiger partial charge is 0.304 e. The molecule has 88 valence electrons. The van der Waals surface area contributed by atoms with Crippen LogP contribution in [0.4, 0.5) is 0 Å². The van der Waals surface area contributed by atoms with Gasteiger partial charge in [0.2, 0.25) is 0 Å². The van der Waals surface area contributed by atoms with Gasteiger partial charge >= 0.3 is 5.97 Å². The van der Waals surface area contributed by atoms with E-state index in [9.17, 15) is 4.79 Å². The van der Waals surface area contributed by atoms with E-state index in [1.165, 1.54) is 25.9 Å². The van der Waals surface area contributed by atoms with Crippen LogP contribution >= 0.6 is 0 Å². The molecule has 2 N–H and O–H groups in total. The van der Waals surface area contributed by atoms with Crippen LogP contribution in [0.3, 0.4) is 0 Å². The van der Waals surface area contributed by atoms with Crippen LogP contribution in [0.1, 0.15) is 33.1 Å². The van der Waals surface area contributed by atoms with Crippen molar-refractivity contribution in [3.05, 3.63) is 0 Å². The summed E-state index contributed by atoms with van der Waals surface area (Å²) in [5.74, 6) is -0.733. The zero-order valence-corrected chi connectivity index (χ0v) is 9.70. The van der Waals surface area contributed by atoms with Gasteiger partial charge in [0, 0.05) is 18.6 Å². The second kappa shape index (κ2) is 6.08. The number of nitrogens with zero attached hydrogens (tertiary/aromatic N) is 1. The molecule has 0 aromatic heterocycles. The monoisotopic (exact) mass is 214 g/mol. The first kappa shape index (κ1) is 12.5. The van der Waals surface area contributed by atoms with Crippen LogP contribution in [0.2, 0.25) is 0 Å². The van der Waals surface area contributed by atoms with Gasteiger partial charge in [-0.05, 0) is 39.8 Å². The van der Waals surface area contributed by atoms with Crippen LogP contribution in [0, 0.1) is 0 Å². The van der Waals surface area contributed by atoms with Crippen LogP contribution in [-0.2, 0) is 4.79 Å². The molecule has 2 unspecified atom stereocenters. The lowest BCUT2D eigenvalue weighted by Gasteiger charge is -2.25. The molecule has 0 aromatic rings. The number of hydrogen-bond donors (Lipinski definition) is 2. The first-order chi connectivity index (χ1) is 7.09. The van der Waals surface area contributed by atoms with E-state index in [0.717, 1.165) is 6.54 Å². The Morgan fingerprint density at radius 1 is 1.40 bits per heavy atom. The summed E-state index contributed by atoms with van der Waals surface area (Å²) in [6.07, 6.45) is 2.80. The maximum absolute atomic E-state index is 10.5. The highest BCUT2D eigenvalue weighted by Crippen LogP contribution is 2.10. The fraction of sp³-hybridized carbons (Fsp3) is 0.909. The third-order valence-corrected chi connectivity index (χ3v) is 3.01. The van der Waals surface area contributed by atoms with Gasteiger partial charge < -0.3 is 10.4 Å². The molecule has 0 amide bonds. The summed E-state index contributed by atoms with van der Waals surface area (Å²) in [6, 6.07) is 0.580. The topological polar surface area (TPSA) is 52.6 Å². The van der Waals surface area contributed by atoms with Crippen molar-refractivity contribution in [1.82, 2.24) is 10.2 Å². The second-order valence-electron chi connectivity index (χ2n) is 4.50. The Morgan fingerprint density at radius 2 is 2.00 bits per heavy atom. The Hall–Kier alpha value is -0.610. The van der Waals surface area contributed by atoms with Crippen LogP contribution in [0.5, 0.6) is 0 Å². The largest absolute Gasteiger partial charge is 0.481 e. The van der Waals surface area contributed by atoms with Crippen molar-refractivity contribution in [3.8, 4) is 0 Å². The van der Waals surface area contributed by atoms with E-state index < -0.39 is 5.97 Å². The number of carboxylic acid groups (broad SMARTS) is 1. The van der Waals surface area contributed by atoms with Gasteiger partial charge in [0.15, 0.2) is 0 Å². The number of likely N-dealkylation sites (tertiary alicyclic amines) is 1. The summed E-state index contributed by atoms with van der Waals surface area (Å²) in [5, 5.41) is 11.9. The fourth-order valence-electron chi connectivity index (χ4n) is 2.02. The molecule has 0 spiro atoms. The molecule has 1 rings (SSSR count). The lowest BCUT2D eigenvalue weighted by Crippen LogP contribution is -2.42. The Morgan fingerprint density at radius 3 is 2.53 bits per heavy atom. The molecular formula is C11H22N2O2. The van der Waals surface area contributed by atoms with Crippen molar-refractivity contribution < 1.29 is 9.90 Å². The Balaban J connectivity index is 2.15. The SMILES string of the molecule is CC(CC(=O)O)NCC(C)N1CCCC1. The highest BCUT2D eigenvalue weighted by Gasteiger charge is 2.18. The fourth-order valence-corrected chi connectivity index (χ4v) is 2.02. The van der Waals surface area contributed by atoms with Gasteiger partial charge in [-0.2, -0.15) is 0 Å². The third-order valence-electron chi connectivity index (χ3n) is 3.01. The molecule has 0 radical (unpaired) electrons. The predicted octanol–water partition coefficient (Wildman–Crippen LogP) is 0.923. The molecule has 2 atom stereocenters. The Kier molecular flexibility index (Phi) is 5.05. The molecule has 0 saturated carbocycles.